The van der Waals surface area contributed by atoms with E-state index in [0.717, 1.165) is 0 Å². The van der Waals surface area contributed by atoms with Crippen LogP contribution in [-0.2, 0) is 0 Å². The molecule has 0 spiro atoms. The van der Waals surface area contributed by atoms with Gasteiger partial charge in [0.05, 0.1) is 10.6 Å². The summed E-state index contributed by atoms with van der Waals surface area (Å²) in [6.45, 7) is 3.44. The minimum Gasteiger partial charge on any atom is -0.507 e. The molecule has 2 aromatic heterocycles. The van der Waals surface area contributed by atoms with Crippen molar-refractivity contribution in [2.45, 2.75) is 20.3 Å². The van der Waals surface area contributed by atoms with Crippen molar-refractivity contribution < 1.29 is 19.0 Å². The summed E-state index contributed by atoms with van der Waals surface area (Å²) in [5.41, 5.74) is -1.26. The Hall–Kier alpha value is -3.28. The molecule has 0 unspecified atom stereocenters. The van der Waals surface area contributed by atoms with Gasteiger partial charge in [0.15, 0.2) is 5.58 Å². The lowest BCUT2D eigenvalue weighted by atomic mass is 9.98. The van der Waals surface area contributed by atoms with E-state index in [2.05, 4.69) is 0 Å². The van der Waals surface area contributed by atoms with Gasteiger partial charge in [0.25, 0.3) is 0 Å². The average Bonchev–Trinajstić information content (AvgIpc) is 2.56. The Labute approximate surface area is 140 Å². The van der Waals surface area contributed by atoms with E-state index in [0.29, 0.717) is 11.8 Å². The Morgan fingerprint density at radius 2 is 1.76 bits per heavy atom. The molecule has 0 radical (unpaired) electrons. The van der Waals surface area contributed by atoms with E-state index in [1.54, 1.807) is 13.0 Å². The third kappa shape index (κ3) is 1.91. The van der Waals surface area contributed by atoms with Gasteiger partial charge in [0.2, 0.25) is 0 Å². The van der Waals surface area contributed by atoms with Crippen molar-refractivity contribution in [2.75, 3.05) is 0 Å². The lowest BCUT2D eigenvalue weighted by Gasteiger charge is -2.12. The Bertz CT molecular complexity index is 1340. The first-order valence-corrected chi connectivity index (χ1v) is 7.82. The maximum atomic E-state index is 12.5. The number of rotatable bonds is 1. The Morgan fingerprint density at radius 1 is 1.00 bits per heavy atom. The van der Waals surface area contributed by atoms with Crippen LogP contribution < -0.4 is 16.5 Å². The number of hydrogen-bond donors (Lipinski definition) is 2. The van der Waals surface area contributed by atoms with Crippen LogP contribution in [0.2, 0.25) is 0 Å². The van der Waals surface area contributed by atoms with Gasteiger partial charge in [-0.3, -0.25) is 0 Å². The van der Waals surface area contributed by atoms with Gasteiger partial charge >= 0.3 is 11.3 Å². The van der Waals surface area contributed by atoms with Crippen LogP contribution in [0.15, 0.2) is 36.6 Å². The number of phenols is 2. The van der Waals surface area contributed by atoms with E-state index in [-0.39, 0.29) is 49.6 Å². The quantitative estimate of drug-likeness (QED) is 0.314. The van der Waals surface area contributed by atoms with Gasteiger partial charge in [-0.2, -0.15) is 0 Å². The first kappa shape index (κ1) is 15.3. The molecular weight excluding hydrogens is 324 g/mol. The third-order valence-corrected chi connectivity index (χ3v) is 4.38. The molecule has 126 valence electrons. The molecule has 0 fully saturated rings. The molecule has 0 atom stereocenters. The molecule has 0 bridgehead atoms. The summed E-state index contributed by atoms with van der Waals surface area (Å²) >= 11 is 0. The fourth-order valence-electron chi connectivity index (χ4n) is 3.39. The fourth-order valence-corrected chi connectivity index (χ4v) is 3.39. The maximum absolute atomic E-state index is 12.5. The number of phenolic OH excluding ortho intramolecular Hbond substituents is 2. The summed E-state index contributed by atoms with van der Waals surface area (Å²) in [7, 11) is 0. The molecular formula is C19H14O6. The van der Waals surface area contributed by atoms with Gasteiger partial charge in [0, 0.05) is 16.2 Å². The first-order chi connectivity index (χ1) is 12.0. The number of aromatic hydroxyl groups is 2. The predicted molar refractivity (Wildman–Crippen MR) is 94.1 cm³/mol. The first-order valence-electron chi connectivity index (χ1n) is 7.82. The van der Waals surface area contributed by atoms with Crippen molar-refractivity contribution in [2.24, 2.45) is 0 Å². The molecule has 4 rings (SSSR count). The number of hydrogen-bond acceptors (Lipinski definition) is 6. The van der Waals surface area contributed by atoms with E-state index >= 15 is 0 Å². The zero-order valence-electron chi connectivity index (χ0n) is 13.5. The average molecular weight is 338 g/mol. The standard InChI is InChI=1S/C19H14O6/c1-3-5-10-12-8(2)24-19(23)15-14(12)17(25-18(10)22)13-9(16(15)21)6-4-7-11(13)20/h4-7,20-21H,3H2,1-2H3/b10-5+. The highest BCUT2D eigenvalue weighted by atomic mass is 16.4. The molecule has 0 saturated heterocycles. The van der Waals surface area contributed by atoms with Crippen molar-refractivity contribution in [3.63, 3.8) is 0 Å². The van der Waals surface area contributed by atoms with E-state index in [9.17, 15) is 19.8 Å². The van der Waals surface area contributed by atoms with Crippen molar-refractivity contribution >= 4 is 38.6 Å². The molecule has 0 saturated carbocycles. The molecule has 0 amide bonds. The molecule has 2 aromatic carbocycles. The monoisotopic (exact) mass is 338 g/mol. The van der Waals surface area contributed by atoms with Crippen LogP contribution in [0.5, 0.6) is 11.5 Å². The minimum atomic E-state index is -0.728. The van der Waals surface area contributed by atoms with Crippen LogP contribution in [0.4, 0.5) is 0 Å². The van der Waals surface area contributed by atoms with Crippen molar-refractivity contribution in [1.82, 2.24) is 0 Å². The molecule has 2 heterocycles. The summed E-state index contributed by atoms with van der Waals surface area (Å²) in [4.78, 5) is 24.9. The molecule has 25 heavy (non-hydrogen) atoms. The Balaban J connectivity index is 2.56. The number of fused-ring (bicyclic) bond motifs is 2. The smallest absolute Gasteiger partial charge is 0.347 e. The molecule has 4 aromatic rings. The highest BCUT2D eigenvalue weighted by Crippen LogP contribution is 2.41. The second-order valence-electron chi connectivity index (χ2n) is 5.86. The van der Waals surface area contributed by atoms with Crippen molar-refractivity contribution in [1.29, 1.82) is 0 Å². The van der Waals surface area contributed by atoms with E-state index in [1.165, 1.54) is 18.2 Å². The Morgan fingerprint density at radius 3 is 2.48 bits per heavy atom. The second-order valence-corrected chi connectivity index (χ2v) is 5.86. The summed E-state index contributed by atoms with van der Waals surface area (Å²) in [5, 5.41) is 22.2. The predicted octanol–water partition coefficient (Wildman–Crippen LogP) is 2.68. The highest BCUT2D eigenvalue weighted by molar-refractivity contribution is 6.23. The second kappa shape index (κ2) is 5.11. The highest BCUT2D eigenvalue weighted by Gasteiger charge is 2.23. The van der Waals surface area contributed by atoms with Crippen LogP contribution in [-0.4, -0.2) is 10.2 Å². The minimum absolute atomic E-state index is 0.0603. The zero-order chi connectivity index (χ0) is 17.9. The zero-order valence-corrected chi connectivity index (χ0v) is 13.5. The largest absolute Gasteiger partial charge is 0.507 e. The summed E-state index contributed by atoms with van der Waals surface area (Å²) in [6.07, 6.45) is 2.25. The van der Waals surface area contributed by atoms with Crippen LogP contribution in [0.1, 0.15) is 19.1 Å². The third-order valence-electron chi connectivity index (χ3n) is 4.38. The topological polar surface area (TPSA) is 101 Å². The number of aryl methyl sites for hydroxylation is 1. The van der Waals surface area contributed by atoms with Gasteiger partial charge in [0.1, 0.15) is 22.6 Å². The molecule has 0 aliphatic heterocycles. The van der Waals surface area contributed by atoms with Gasteiger partial charge < -0.3 is 19.0 Å². The van der Waals surface area contributed by atoms with Crippen molar-refractivity contribution in [3.05, 3.63) is 50.0 Å². The van der Waals surface area contributed by atoms with E-state index < -0.39 is 11.3 Å². The molecule has 6 nitrogen and oxygen atoms in total. The van der Waals surface area contributed by atoms with Gasteiger partial charge in [-0.05, 0) is 19.4 Å². The van der Waals surface area contributed by atoms with Crippen LogP contribution in [0.3, 0.4) is 0 Å². The summed E-state index contributed by atoms with van der Waals surface area (Å²) in [5.74, 6) is -0.213. The SMILES string of the molecule is CC/C=c1/c(=O)oc2c3c(O)cccc3c(O)c3c(=O)oc(C)c1c32. The molecule has 6 heteroatoms. The van der Waals surface area contributed by atoms with E-state index in [1.807, 2.05) is 6.92 Å². The Kier molecular flexibility index (Phi) is 3.12. The maximum Gasteiger partial charge on any atom is 0.347 e. The molecule has 2 N–H and O–H groups in total. The lowest BCUT2D eigenvalue weighted by molar-refractivity contribution is 0.467. The lowest BCUT2D eigenvalue weighted by Crippen LogP contribution is -2.26. The van der Waals surface area contributed by atoms with Crippen LogP contribution >= 0.6 is 0 Å². The van der Waals surface area contributed by atoms with Crippen LogP contribution in [0, 0.1) is 6.92 Å². The van der Waals surface area contributed by atoms with E-state index in [4.69, 9.17) is 8.83 Å². The number of benzene rings is 2. The van der Waals surface area contributed by atoms with Gasteiger partial charge in [-0.25, -0.2) is 9.59 Å². The molecule has 0 aliphatic carbocycles. The van der Waals surface area contributed by atoms with Crippen LogP contribution in [0.25, 0.3) is 38.6 Å². The molecule has 0 aliphatic rings. The van der Waals surface area contributed by atoms with Gasteiger partial charge in [-0.1, -0.05) is 25.1 Å². The normalized spacial score (nSPS) is 12.6. The van der Waals surface area contributed by atoms with Crippen molar-refractivity contribution in [3.8, 4) is 11.5 Å². The summed E-state index contributed by atoms with van der Waals surface area (Å²) in [6, 6.07) is 4.48. The summed E-state index contributed by atoms with van der Waals surface area (Å²) < 4.78 is 10.7. The van der Waals surface area contributed by atoms with Gasteiger partial charge in [-0.15, -0.1) is 0 Å². The fraction of sp³-hybridized carbons (Fsp3) is 0.158.